The van der Waals surface area contributed by atoms with Crippen LogP contribution in [0, 0.1) is 17.6 Å². The standard InChI is InChI=1S/C14H19F2NO2/c1-4-8(2)5-9(3)17-13-11(15)6-10(14(18)19)7-12(13)16/h6-9,17H,4-5H2,1-3H3,(H,18,19). The van der Waals surface area contributed by atoms with Gasteiger partial charge < -0.3 is 10.4 Å². The molecule has 0 bridgehead atoms. The lowest BCUT2D eigenvalue weighted by atomic mass is 10.00. The Labute approximate surface area is 111 Å². The SMILES string of the molecule is CCC(C)CC(C)Nc1c(F)cc(C(=O)O)cc1F. The Morgan fingerprint density at radius 2 is 1.84 bits per heavy atom. The topological polar surface area (TPSA) is 49.3 Å². The molecule has 3 nitrogen and oxygen atoms in total. The number of hydrogen-bond acceptors (Lipinski definition) is 2. The van der Waals surface area contributed by atoms with Gasteiger partial charge in [-0.05, 0) is 31.4 Å². The van der Waals surface area contributed by atoms with Crippen LogP contribution in [0.1, 0.15) is 44.0 Å². The van der Waals surface area contributed by atoms with Crippen LogP contribution in [0.25, 0.3) is 0 Å². The largest absolute Gasteiger partial charge is 0.478 e. The van der Waals surface area contributed by atoms with Gasteiger partial charge in [0, 0.05) is 6.04 Å². The van der Waals surface area contributed by atoms with E-state index >= 15 is 0 Å². The Hall–Kier alpha value is -1.65. The molecule has 2 unspecified atom stereocenters. The molecular weight excluding hydrogens is 252 g/mol. The Bertz CT molecular complexity index is 440. The second-order valence-corrected chi connectivity index (χ2v) is 4.91. The average Bonchev–Trinajstić information content (AvgIpc) is 2.33. The number of anilines is 1. The van der Waals surface area contributed by atoms with E-state index in [1.165, 1.54) is 0 Å². The van der Waals surface area contributed by atoms with E-state index in [-0.39, 0.29) is 11.7 Å². The molecule has 0 saturated carbocycles. The molecule has 0 aromatic heterocycles. The van der Waals surface area contributed by atoms with Gasteiger partial charge >= 0.3 is 5.97 Å². The van der Waals surface area contributed by atoms with Crippen molar-refractivity contribution in [2.75, 3.05) is 5.32 Å². The number of rotatable bonds is 6. The van der Waals surface area contributed by atoms with Crippen LogP contribution >= 0.6 is 0 Å². The third-order valence-corrected chi connectivity index (χ3v) is 3.13. The second kappa shape index (κ2) is 6.50. The summed E-state index contributed by atoms with van der Waals surface area (Å²) in [6.07, 6.45) is 1.78. The smallest absolute Gasteiger partial charge is 0.335 e. The predicted molar refractivity (Wildman–Crippen MR) is 70.5 cm³/mol. The number of carboxylic acids is 1. The molecule has 0 aliphatic rings. The average molecular weight is 271 g/mol. The van der Waals surface area contributed by atoms with Crippen LogP contribution in [0.4, 0.5) is 14.5 Å². The number of nitrogens with one attached hydrogen (secondary N) is 1. The maximum Gasteiger partial charge on any atom is 0.335 e. The zero-order valence-corrected chi connectivity index (χ0v) is 11.3. The van der Waals surface area contributed by atoms with Crippen LogP contribution < -0.4 is 5.32 Å². The lowest BCUT2D eigenvalue weighted by Crippen LogP contribution is -2.20. The highest BCUT2D eigenvalue weighted by Crippen LogP contribution is 2.23. The molecule has 0 radical (unpaired) electrons. The molecule has 1 rings (SSSR count). The Balaban J connectivity index is 2.87. The van der Waals surface area contributed by atoms with Gasteiger partial charge in [-0.15, -0.1) is 0 Å². The van der Waals surface area contributed by atoms with Gasteiger partial charge in [0.15, 0.2) is 0 Å². The zero-order valence-electron chi connectivity index (χ0n) is 11.3. The maximum atomic E-state index is 13.7. The van der Waals surface area contributed by atoms with Crippen molar-refractivity contribution >= 4 is 11.7 Å². The van der Waals surface area contributed by atoms with Crippen molar-refractivity contribution in [1.82, 2.24) is 0 Å². The molecule has 0 spiro atoms. The predicted octanol–water partition coefficient (Wildman–Crippen LogP) is 3.90. The molecule has 0 heterocycles. The summed E-state index contributed by atoms with van der Waals surface area (Å²) in [7, 11) is 0. The summed E-state index contributed by atoms with van der Waals surface area (Å²) in [5.41, 5.74) is -0.657. The van der Waals surface area contributed by atoms with E-state index in [0.717, 1.165) is 25.0 Å². The van der Waals surface area contributed by atoms with Crippen molar-refractivity contribution in [1.29, 1.82) is 0 Å². The first kappa shape index (κ1) is 15.4. The van der Waals surface area contributed by atoms with Gasteiger partial charge in [0.1, 0.15) is 17.3 Å². The first-order valence-electron chi connectivity index (χ1n) is 6.34. The van der Waals surface area contributed by atoms with E-state index in [9.17, 15) is 13.6 Å². The van der Waals surface area contributed by atoms with E-state index in [1.54, 1.807) is 0 Å². The minimum absolute atomic E-state index is 0.0883. The molecule has 5 heteroatoms. The molecule has 106 valence electrons. The van der Waals surface area contributed by atoms with Crippen molar-refractivity contribution in [2.45, 2.75) is 39.7 Å². The number of aromatic carboxylic acids is 1. The maximum absolute atomic E-state index is 13.7. The fraction of sp³-hybridized carbons (Fsp3) is 0.500. The summed E-state index contributed by atoms with van der Waals surface area (Å²) in [6, 6.07) is 1.56. The normalized spacial score (nSPS) is 13.9. The molecular formula is C14H19F2NO2. The molecule has 2 atom stereocenters. The van der Waals surface area contributed by atoms with E-state index in [1.807, 2.05) is 6.92 Å². The molecule has 0 fully saturated rings. The minimum Gasteiger partial charge on any atom is -0.478 e. The summed E-state index contributed by atoms with van der Waals surface area (Å²) in [6.45, 7) is 5.97. The van der Waals surface area contributed by atoms with Gasteiger partial charge in [0.05, 0.1) is 5.56 Å². The lowest BCUT2D eigenvalue weighted by molar-refractivity contribution is 0.0696. The van der Waals surface area contributed by atoms with Crippen molar-refractivity contribution in [2.24, 2.45) is 5.92 Å². The van der Waals surface area contributed by atoms with Gasteiger partial charge in [-0.25, -0.2) is 13.6 Å². The summed E-state index contributed by atoms with van der Waals surface area (Å²) >= 11 is 0. The summed E-state index contributed by atoms with van der Waals surface area (Å²) < 4.78 is 27.4. The lowest BCUT2D eigenvalue weighted by Gasteiger charge is -2.19. The molecule has 0 amide bonds. The van der Waals surface area contributed by atoms with Gasteiger partial charge in [-0.2, -0.15) is 0 Å². The zero-order chi connectivity index (χ0) is 14.6. The molecule has 0 saturated heterocycles. The Kier molecular flexibility index (Phi) is 5.27. The van der Waals surface area contributed by atoms with Crippen LogP contribution in [0.5, 0.6) is 0 Å². The summed E-state index contributed by atoms with van der Waals surface area (Å²) in [5, 5.41) is 11.5. The fourth-order valence-corrected chi connectivity index (χ4v) is 1.91. The highest BCUT2D eigenvalue weighted by atomic mass is 19.1. The van der Waals surface area contributed by atoms with Crippen molar-refractivity contribution in [3.8, 4) is 0 Å². The van der Waals surface area contributed by atoms with E-state index < -0.39 is 23.2 Å². The molecule has 19 heavy (non-hydrogen) atoms. The van der Waals surface area contributed by atoms with Crippen LogP contribution in [-0.4, -0.2) is 17.1 Å². The van der Waals surface area contributed by atoms with Gasteiger partial charge in [0.25, 0.3) is 0 Å². The van der Waals surface area contributed by atoms with Gasteiger partial charge in [-0.1, -0.05) is 20.3 Å². The highest BCUT2D eigenvalue weighted by molar-refractivity contribution is 5.88. The van der Waals surface area contributed by atoms with Crippen LogP contribution in [0.2, 0.25) is 0 Å². The van der Waals surface area contributed by atoms with Crippen molar-refractivity contribution < 1.29 is 18.7 Å². The first-order chi connectivity index (χ1) is 8.85. The molecule has 1 aromatic carbocycles. The van der Waals surface area contributed by atoms with E-state index in [4.69, 9.17) is 5.11 Å². The Morgan fingerprint density at radius 1 is 1.32 bits per heavy atom. The van der Waals surface area contributed by atoms with Crippen LogP contribution in [0.15, 0.2) is 12.1 Å². The number of hydrogen-bond donors (Lipinski definition) is 2. The number of carboxylic acid groups (broad SMARTS) is 1. The van der Waals surface area contributed by atoms with Crippen molar-refractivity contribution in [3.05, 3.63) is 29.3 Å². The fourth-order valence-electron chi connectivity index (χ4n) is 1.91. The number of carbonyl (C=O) groups is 1. The monoisotopic (exact) mass is 271 g/mol. The first-order valence-corrected chi connectivity index (χ1v) is 6.34. The second-order valence-electron chi connectivity index (χ2n) is 4.91. The Morgan fingerprint density at radius 3 is 2.26 bits per heavy atom. The van der Waals surface area contributed by atoms with E-state index in [2.05, 4.69) is 19.2 Å². The molecule has 2 N–H and O–H groups in total. The number of halogens is 2. The summed E-state index contributed by atoms with van der Waals surface area (Å²) in [5.74, 6) is -2.66. The van der Waals surface area contributed by atoms with E-state index in [0.29, 0.717) is 5.92 Å². The number of benzene rings is 1. The highest BCUT2D eigenvalue weighted by Gasteiger charge is 2.17. The molecule has 0 aliphatic carbocycles. The van der Waals surface area contributed by atoms with Crippen LogP contribution in [0.3, 0.4) is 0 Å². The minimum atomic E-state index is -1.35. The van der Waals surface area contributed by atoms with Crippen LogP contribution in [-0.2, 0) is 0 Å². The van der Waals surface area contributed by atoms with Crippen molar-refractivity contribution in [3.63, 3.8) is 0 Å². The quantitative estimate of drug-likeness (QED) is 0.825. The molecule has 1 aromatic rings. The van der Waals surface area contributed by atoms with Gasteiger partial charge in [0.2, 0.25) is 0 Å². The molecule has 0 aliphatic heterocycles. The van der Waals surface area contributed by atoms with Gasteiger partial charge in [-0.3, -0.25) is 0 Å². The summed E-state index contributed by atoms with van der Waals surface area (Å²) in [4.78, 5) is 10.7. The third kappa shape index (κ3) is 4.19. The third-order valence-electron chi connectivity index (χ3n) is 3.13.